The van der Waals surface area contributed by atoms with Gasteiger partial charge in [0.25, 0.3) is 0 Å². The quantitative estimate of drug-likeness (QED) is 0.168. The lowest BCUT2D eigenvalue weighted by Crippen LogP contribution is -2.21. The SMILES string of the molecule is CC(C)(C)c1cc(C(C)(C)C)c2oc3c4cc(cc3c2c1)C(C)(C)c1cc(C#N)ccc1-n1c2ccccc2c2cc(-n3c5ccccc5c5ccccc53)cc-4c21. The molecule has 4 heteroatoms. The number of hydrogen-bond donors (Lipinski definition) is 0. The van der Waals surface area contributed by atoms with Gasteiger partial charge >= 0.3 is 0 Å². The predicted octanol–water partition coefficient (Wildman–Crippen LogP) is 14.6. The van der Waals surface area contributed by atoms with Crippen LogP contribution >= 0.6 is 0 Å². The number of aromatic nitrogens is 2. The third-order valence-corrected chi connectivity index (χ3v) is 13.0. The molecule has 11 rings (SSSR count). The Morgan fingerprint density at radius 1 is 0.552 bits per heavy atom. The van der Waals surface area contributed by atoms with Crippen molar-refractivity contribution < 1.29 is 4.42 Å². The number of para-hydroxylation sites is 3. The Morgan fingerprint density at radius 3 is 1.78 bits per heavy atom. The van der Waals surface area contributed by atoms with Gasteiger partial charge in [0, 0.05) is 60.1 Å². The first-order valence-corrected chi connectivity index (χ1v) is 20.4. The molecule has 0 saturated heterocycles. The Hall–Kier alpha value is -6.57. The Labute approximate surface area is 338 Å². The number of fused-ring (bicyclic) bond motifs is 15. The van der Waals surface area contributed by atoms with Gasteiger partial charge < -0.3 is 13.6 Å². The summed E-state index contributed by atoms with van der Waals surface area (Å²) in [5.74, 6) is 0. The maximum atomic E-state index is 10.3. The molecule has 3 aromatic heterocycles. The molecule has 58 heavy (non-hydrogen) atoms. The van der Waals surface area contributed by atoms with Crippen molar-refractivity contribution in [2.45, 2.75) is 71.6 Å². The lowest BCUT2D eigenvalue weighted by molar-refractivity contribution is 0.559. The zero-order valence-electron chi connectivity index (χ0n) is 34.4. The van der Waals surface area contributed by atoms with Crippen molar-refractivity contribution in [2.24, 2.45) is 0 Å². The fraction of sp³-hybridized carbons (Fsp3) is 0.204. The van der Waals surface area contributed by atoms with E-state index in [9.17, 15) is 5.26 Å². The van der Waals surface area contributed by atoms with Crippen LogP contribution in [0.15, 0.2) is 132 Å². The first kappa shape index (κ1) is 34.7. The van der Waals surface area contributed by atoms with E-state index in [1.165, 1.54) is 49.3 Å². The lowest BCUT2D eigenvalue weighted by atomic mass is 9.75. The number of nitrogens with zero attached hydrogens (tertiary/aromatic N) is 3. The second-order valence-corrected chi connectivity index (χ2v) is 19.0. The van der Waals surface area contributed by atoms with Crippen molar-refractivity contribution >= 4 is 65.6 Å². The minimum Gasteiger partial charge on any atom is -0.455 e. The summed E-state index contributed by atoms with van der Waals surface area (Å²) in [5.41, 5.74) is 15.5. The van der Waals surface area contributed by atoms with Gasteiger partial charge in [0.1, 0.15) is 11.2 Å². The minimum atomic E-state index is -0.487. The Balaban J connectivity index is 1.40. The smallest absolute Gasteiger partial charge is 0.143 e. The molecule has 10 aromatic rings. The van der Waals surface area contributed by atoms with Crippen LogP contribution < -0.4 is 0 Å². The maximum Gasteiger partial charge on any atom is 0.143 e. The first-order chi connectivity index (χ1) is 27.7. The number of benzene rings is 7. The highest BCUT2D eigenvalue weighted by atomic mass is 16.3. The molecule has 0 amide bonds. The van der Waals surface area contributed by atoms with Crippen LogP contribution in [0.3, 0.4) is 0 Å². The third kappa shape index (κ3) is 4.68. The predicted molar refractivity (Wildman–Crippen MR) is 242 cm³/mol. The van der Waals surface area contributed by atoms with E-state index in [4.69, 9.17) is 4.42 Å². The largest absolute Gasteiger partial charge is 0.455 e. The van der Waals surface area contributed by atoms with Crippen molar-refractivity contribution in [3.63, 3.8) is 0 Å². The molecule has 282 valence electrons. The van der Waals surface area contributed by atoms with Crippen LogP contribution in [0.1, 0.15) is 83.2 Å². The first-order valence-electron chi connectivity index (χ1n) is 20.4. The van der Waals surface area contributed by atoms with Gasteiger partial charge in [-0.05, 0) is 94.3 Å². The second-order valence-electron chi connectivity index (χ2n) is 19.0. The van der Waals surface area contributed by atoms with Crippen molar-refractivity contribution in [1.29, 1.82) is 5.26 Å². The molecule has 0 spiro atoms. The van der Waals surface area contributed by atoms with E-state index in [1.807, 2.05) is 6.07 Å². The van der Waals surface area contributed by atoms with E-state index in [-0.39, 0.29) is 10.8 Å². The monoisotopic (exact) mass is 751 g/mol. The number of rotatable bonds is 1. The molecule has 0 fully saturated rings. The highest BCUT2D eigenvalue weighted by Gasteiger charge is 2.34. The summed E-state index contributed by atoms with van der Waals surface area (Å²) in [7, 11) is 0. The van der Waals surface area contributed by atoms with Crippen LogP contribution in [0.5, 0.6) is 0 Å². The molecule has 0 atom stereocenters. The van der Waals surface area contributed by atoms with Crippen molar-refractivity contribution in [3.8, 4) is 28.6 Å². The molecule has 0 unspecified atom stereocenters. The van der Waals surface area contributed by atoms with Crippen LogP contribution in [-0.4, -0.2) is 9.13 Å². The third-order valence-electron chi connectivity index (χ3n) is 13.0. The van der Waals surface area contributed by atoms with Gasteiger partial charge in [-0.3, -0.25) is 0 Å². The molecule has 0 aliphatic carbocycles. The van der Waals surface area contributed by atoms with Crippen molar-refractivity contribution in [2.75, 3.05) is 0 Å². The topological polar surface area (TPSA) is 46.8 Å². The molecule has 0 radical (unpaired) electrons. The molecule has 4 heterocycles. The fourth-order valence-electron chi connectivity index (χ4n) is 9.86. The molecule has 7 aromatic carbocycles. The van der Waals surface area contributed by atoms with E-state index in [0.29, 0.717) is 5.56 Å². The average molecular weight is 752 g/mol. The summed E-state index contributed by atoms with van der Waals surface area (Å²) >= 11 is 0. The number of nitriles is 1. The maximum absolute atomic E-state index is 10.3. The Kier molecular flexibility index (Phi) is 6.88. The van der Waals surface area contributed by atoms with Crippen LogP contribution in [0.25, 0.3) is 88.1 Å². The van der Waals surface area contributed by atoms with Gasteiger partial charge in [0.05, 0.1) is 39.4 Å². The van der Waals surface area contributed by atoms with E-state index >= 15 is 0 Å². The van der Waals surface area contributed by atoms with Crippen LogP contribution in [0.2, 0.25) is 0 Å². The molecule has 1 aliphatic heterocycles. The fourth-order valence-corrected chi connectivity index (χ4v) is 9.86. The average Bonchev–Trinajstić information content (AvgIpc) is 3.87. The summed E-state index contributed by atoms with van der Waals surface area (Å²) in [6, 6.07) is 49.2. The lowest BCUT2D eigenvalue weighted by Gasteiger charge is -2.29. The molecule has 0 N–H and O–H groups in total. The Bertz CT molecular complexity index is 3400. The highest BCUT2D eigenvalue weighted by molar-refractivity contribution is 6.19. The normalized spacial score (nSPS) is 14.0. The van der Waals surface area contributed by atoms with Gasteiger partial charge in [0.15, 0.2) is 0 Å². The summed E-state index contributed by atoms with van der Waals surface area (Å²) in [5, 5.41) is 17.4. The molecular weight excluding hydrogens is 707 g/mol. The van der Waals surface area contributed by atoms with Crippen molar-refractivity contribution in [3.05, 3.63) is 155 Å². The minimum absolute atomic E-state index is 0.0587. The standard InChI is InChI=1S/C54H45N3O/c1-52(2,3)32-24-42-41-26-33-25-40(50(41)58-51(42)44(27-32)53(4,5)6)39-29-34(56-45-18-12-9-15-35(45)36-16-10-13-19-46(36)56)28-38-37-17-11-14-20-47(37)57(49(38)39)48-22-21-31(30-55)23-43(48)54(33,7)8/h9-29H,1-8H3. The summed E-state index contributed by atoms with van der Waals surface area (Å²) in [6.45, 7) is 18.4. The van der Waals surface area contributed by atoms with Crippen LogP contribution in [0, 0.1) is 11.3 Å². The van der Waals surface area contributed by atoms with Crippen LogP contribution in [0.4, 0.5) is 0 Å². The molecule has 0 saturated carbocycles. The number of furan rings is 1. The summed E-state index contributed by atoms with van der Waals surface area (Å²) in [6.07, 6.45) is 0. The van der Waals surface area contributed by atoms with Crippen molar-refractivity contribution in [1.82, 2.24) is 9.13 Å². The summed E-state index contributed by atoms with van der Waals surface area (Å²) < 4.78 is 12.2. The van der Waals surface area contributed by atoms with Gasteiger partial charge in [-0.2, -0.15) is 5.26 Å². The van der Waals surface area contributed by atoms with Gasteiger partial charge in [-0.15, -0.1) is 0 Å². The second kappa shape index (κ2) is 11.5. The highest BCUT2D eigenvalue weighted by Crippen LogP contribution is 2.51. The molecule has 1 aliphatic rings. The van der Waals surface area contributed by atoms with Gasteiger partial charge in [-0.1, -0.05) is 116 Å². The zero-order chi connectivity index (χ0) is 40.0. The molecule has 4 nitrogen and oxygen atoms in total. The molecular formula is C54H45N3O. The summed E-state index contributed by atoms with van der Waals surface area (Å²) in [4.78, 5) is 0. The van der Waals surface area contributed by atoms with E-state index in [1.54, 1.807) is 0 Å². The zero-order valence-corrected chi connectivity index (χ0v) is 34.4. The van der Waals surface area contributed by atoms with Crippen LogP contribution in [-0.2, 0) is 16.2 Å². The van der Waals surface area contributed by atoms with E-state index < -0.39 is 5.41 Å². The van der Waals surface area contributed by atoms with E-state index in [2.05, 4.69) is 192 Å². The Morgan fingerprint density at radius 2 is 1.16 bits per heavy atom. The van der Waals surface area contributed by atoms with Gasteiger partial charge in [0.2, 0.25) is 0 Å². The number of hydrogen-bond acceptors (Lipinski definition) is 2. The van der Waals surface area contributed by atoms with Gasteiger partial charge in [-0.25, -0.2) is 0 Å². The van der Waals surface area contributed by atoms with E-state index in [0.717, 1.165) is 61.0 Å². The molecule has 2 bridgehead atoms.